The Morgan fingerprint density at radius 1 is 1.50 bits per heavy atom. The van der Waals surface area contributed by atoms with Gasteiger partial charge >= 0.3 is 0 Å². The molecule has 1 atom stereocenters. The topological polar surface area (TPSA) is 12.0 Å². The van der Waals surface area contributed by atoms with Gasteiger partial charge in [0.05, 0.1) is 0 Å². The zero-order valence-corrected chi connectivity index (χ0v) is 10.3. The van der Waals surface area contributed by atoms with Crippen LogP contribution in [0.1, 0.15) is 36.9 Å². The van der Waals surface area contributed by atoms with E-state index >= 15 is 0 Å². The zero-order valence-electron chi connectivity index (χ0n) is 10.3. The summed E-state index contributed by atoms with van der Waals surface area (Å²) in [6.07, 6.45) is 1.80. The summed E-state index contributed by atoms with van der Waals surface area (Å²) in [7, 11) is 1.87. The highest BCUT2D eigenvalue weighted by molar-refractivity contribution is 5.27. The molecule has 0 saturated heterocycles. The van der Waals surface area contributed by atoms with E-state index < -0.39 is 0 Å². The van der Waals surface area contributed by atoms with E-state index in [9.17, 15) is 4.39 Å². The molecule has 88 valence electrons. The van der Waals surface area contributed by atoms with E-state index in [1.165, 1.54) is 6.07 Å². The van der Waals surface area contributed by atoms with Crippen LogP contribution in [-0.4, -0.2) is 7.05 Å². The first kappa shape index (κ1) is 12.9. The average Bonchev–Trinajstić information content (AvgIpc) is 2.23. The SMILES string of the molecule is C=C(C)CCC(NC)c1cc(C)ccc1F. The molecule has 0 aliphatic rings. The van der Waals surface area contributed by atoms with Crippen LogP contribution < -0.4 is 5.32 Å². The first-order chi connectivity index (χ1) is 7.54. The van der Waals surface area contributed by atoms with Crippen LogP contribution in [0, 0.1) is 12.7 Å². The number of halogens is 1. The minimum Gasteiger partial charge on any atom is -0.313 e. The summed E-state index contributed by atoms with van der Waals surface area (Å²) in [6, 6.07) is 5.31. The number of allylic oxidation sites excluding steroid dienone is 1. The number of rotatable bonds is 5. The van der Waals surface area contributed by atoms with Gasteiger partial charge in [-0.3, -0.25) is 0 Å². The molecule has 0 spiro atoms. The lowest BCUT2D eigenvalue weighted by molar-refractivity contribution is 0.508. The van der Waals surface area contributed by atoms with Crippen molar-refractivity contribution >= 4 is 0 Å². The molecule has 2 heteroatoms. The highest BCUT2D eigenvalue weighted by Crippen LogP contribution is 2.23. The summed E-state index contributed by atoms with van der Waals surface area (Å²) in [6.45, 7) is 7.85. The zero-order chi connectivity index (χ0) is 12.1. The van der Waals surface area contributed by atoms with Crippen molar-refractivity contribution in [3.63, 3.8) is 0 Å². The largest absolute Gasteiger partial charge is 0.313 e. The first-order valence-corrected chi connectivity index (χ1v) is 5.62. The lowest BCUT2D eigenvalue weighted by Gasteiger charge is -2.18. The number of hydrogen-bond donors (Lipinski definition) is 1. The Hall–Kier alpha value is -1.15. The summed E-state index contributed by atoms with van der Waals surface area (Å²) in [5.41, 5.74) is 2.98. The van der Waals surface area contributed by atoms with Gasteiger partial charge < -0.3 is 5.32 Å². The van der Waals surface area contributed by atoms with E-state index in [4.69, 9.17) is 0 Å². The molecule has 1 unspecified atom stereocenters. The van der Waals surface area contributed by atoms with Crippen LogP contribution in [0.25, 0.3) is 0 Å². The molecule has 0 aliphatic carbocycles. The van der Waals surface area contributed by atoms with Crippen molar-refractivity contribution in [2.45, 2.75) is 32.7 Å². The number of hydrogen-bond acceptors (Lipinski definition) is 1. The third-order valence-corrected chi connectivity index (χ3v) is 2.74. The predicted molar refractivity (Wildman–Crippen MR) is 67.0 cm³/mol. The molecule has 1 aromatic carbocycles. The van der Waals surface area contributed by atoms with Crippen LogP contribution in [0.15, 0.2) is 30.4 Å². The number of aryl methyl sites for hydroxylation is 1. The van der Waals surface area contributed by atoms with E-state index in [1.54, 1.807) is 6.07 Å². The molecule has 0 fully saturated rings. The lowest BCUT2D eigenvalue weighted by atomic mass is 9.98. The van der Waals surface area contributed by atoms with Gasteiger partial charge in [0.25, 0.3) is 0 Å². The quantitative estimate of drug-likeness (QED) is 0.747. The first-order valence-electron chi connectivity index (χ1n) is 5.62. The van der Waals surface area contributed by atoms with Gasteiger partial charge in [0.1, 0.15) is 5.82 Å². The number of nitrogens with one attached hydrogen (secondary N) is 1. The molecular weight excluding hydrogens is 201 g/mol. The molecule has 0 aliphatic heterocycles. The van der Waals surface area contributed by atoms with Gasteiger partial charge in [0.2, 0.25) is 0 Å². The Kier molecular flexibility index (Phi) is 4.69. The molecular formula is C14H20FN. The molecule has 16 heavy (non-hydrogen) atoms. The van der Waals surface area contributed by atoms with Crippen molar-refractivity contribution in [1.82, 2.24) is 5.32 Å². The van der Waals surface area contributed by atoms with Crippen molar-refractivity contribution in [3.8, 4) is 0 Å². The summed E-state index contributed by atoms with van der Waals surface area (Å²) in [4.78, 5) is 0. The molecule has 1 aromatic rings. The fraction of sp³-hybridized carbons (Fsp3) is 0.429. The molecule has 0 aromatic heterocycles. The van der Waals surface area contributed by atoms with Gasteiger partial charge in [-0.25, -0.2) is 4.39 Å². The van der Waals surface area contributed by atoms with Crippen molar-refractivity contribution < 1.29 is 4.39 Å². The third-order valence-electron chi connectivity index (χ3n) is 2.74. The average molecular weight is 221 g/mol. The Balaban J connectivity index is 2.85. The maximum atomic E-state index is 13.7. The van der Waals surface area contributed by atoms with Crippen LogP contribution in [0.3, 0.4) is 0 Å². The van der Waals surface area contributed by atoms with Crippen molar-refractivity contribution in [3.05, 3.63) is 47.3 Å². The maximum absolute atomic E-state index is 13.7. The molecule has 0 saturated carbocycles. The smallest absolute Gasteiger partial charge is 0.127 e. The second-order valence-corrected chi connectivity index (χ2v) is 4.36. The Morgan fingerprint density at radius 3 is 2.75 bits per heavy atom. The van der Waals surface area contributed by atoms with E-state index in [1.807, 2.05) is 27.0 Å². The highest BCUT2D eigenvalue weighted by atomic mass is 19.1. The Morgan fingerprint density at radius 2 is 2.19 bits per heavy atom. The summed E-state index contributed by atoms with van der Waals surface area (Å²) in [5.74, 6) is -0.133. The van der Waals surface area contributed by atoms with Crippen molar-refractivity contribution in [2.75, 3.05) is 7.05 Å². The monoisotopic (exact) mass is 221 g/mol. The van der Waals surface area contributed by atoms with E-state index in [0.717, 1.165) is 29.5 Å². The molecule has 1 N–H and O–H groups in total. The number of benzene rings is 1. The van der Waals surface area contributed by atoms with E-state index in [2.05, 4.69) is 11.9 Å². The highest BCUT2D eigenvalue weighted by Gasteiger charge is 2.13. The molecule has 0 amide bonds. The van der Waals surface area contributed by atoms with Crippen molar-refractivity contribution in [2.24, 2.45) is 0 Å². The molecule has 0 bridgehead atoms. The summed E-state index contributed by atoms with van der Waals surface area (Å²) in [5, 5.41) is 3.16. The second-order valence-electron chi connectivity index (χ2n) is 4.36. The standard InChI is InChI=1S/C14H20FN/c1-10(2)5-8-14(16-4)12-9-11(3)6-7-13(12)15/h6-7,9,14,16H,1,5,8H2,2-4H3. The van der Waals surface area contributed by atoms with Crippen LogP contribution in [0.5, 0.6) is 0 Å². The molecule has 0 radical (unpaired) electrons. The molecule has 0 heterocycles. The van der Waals surface area contributed by atoms with Crippen LogP contribution in [0.4, 0.5) is 4.39 Å². The Bertz CT molecular complexity index is 371. The summed E-state index contributed by atoms with van der Waals surface area (Å²) >= 11 is 0. The van der Waals surface area contributed by atoms with Gasteiger partial charge in [0.15, 0.2) is 0 Å². The predicted octanol–water partition coefficient (Wildman–Crippen LogP) is 3.75. The fourth-order valence-corrected chi connectivity index (χ4v) is 1.78. The fourth-order valence-electron chi connectivity index (χ4n) is 1.78. The van der Waals surface area contributed by atoms with E-state index in [-0.39, 0.29) is 11.9 Å². The third kappa shape index (κ3) is 3.46. The van der Waals surface area contributed by atoms with Crippen molar-refractivity contribution in [1.29, 1.82) is 0 Å². The maximum Gasteiger partial charge on any atom is 0.127 e. The van der Waals surface area contributed by atoms with Gasteiger partial charge in [-0.15, -0.1) is 6.58 Å². The Labute approximate surface area is 97.4 Å². The van der Waals surface area contributed by atoms with Crippen LogP contribution in [-0.2, 0) is 0 Å². The van der Waals surface area contributed by atoms with Gasteiger partial charge in [0, 0.05) is 11.6 Å². The normalized spacial score (nSPS) is 12.5. The van der Waals surface area contributed by atoms with Gasteiger partial charge in [-0.1, -0.05) is 23.3 Å². The molecule has 1 rings (SSSR count). The second kappa shape index (κ2) is 5.80. The van der Waals surface area contributed by atoms with E-state index in [0.29, 0.717) is 0 Å². The minimum atomic E-state index is -0.133. The van der Waals surface area contributed by atoms with Crippen LogP contribution in [0.2, 0.25) is 0 Å². The van der Waals surface area contributed by atoms with Gasteiger partial charge in [-0.05, 0) is 39.8 Å². The minimum absolute atomic E-state index is 0.0663. The summed E-state index contributed by atoms with van der Waals surface area (Å²) < 4.78 is 13.7. The molecule has 1 nitrogen and oxygen atoms in total. The lowest BCUT2D eigenvalue weighted by Crippen LogP contribution is -2.17. The van der Waals surface area contributed by atoms with Crippen LogP contribution >= 0.6 is 0 Å². The van der Waals surface area contributed by atoms with Gasteiger partial charge in [-0.2, -0.15) is 0 Å².